The van der Waals surface area contributed by atoms with Crippen LogP contribution in [-0.4, -0.2) is 36.1 Å². The van der Waals surface area contributed by atoms with E-state index in [-0.39, 0.29) is 0 Å². The highest BCUT2D eigenvalue weighted by Gasteiger charge is 2.15. The largest absolute Gasteiger partial charge is 0.358 e. The van der Waals surface area contributed by atoms with Gasteiger partial charge in [-0.1, -0.05) is 25.1 Å². The minimum absolute atomic E-state index is 1.07. The lowest BCUT2D eigenvalue weighted by molar-refractivity contribution is 0.285. The van der Waals surface area contributed by atoms with Crippen molar-refractivity contribution in [3.05, 3.63) is 35.0 Å². The van der Waals surface area contributed by atoms with Crippen LogP contribution in [0.1, 0.15) is 30.2 Å². The highest BCUT2D eigenvalue weighted by atomic mass is 15.1. The maximum Gasteiger partial charge on any atom is 0.0491 e. The molecule has 3 nitrogen and oxygen atoms in total. The van der Waals surface area contributed by atoms with Gasteiger partial charge in [0.2, 0.25) is 0 Å². The number of rotatable bonds is 3. The van der Waals surface area contributed by atoms with Crippen LogP contribution in [-0.2, 0) is 13.0 Å². The molecule has 0 bridgehead atoms. The number of benzene rings is 1. The molecular weight excluding hydrogens is 246 g/mol. The van der Waals surface area contributed by atoms with E-state index in [1.54, 1.807) is 0 Å². The number of fused-ring (bicyclic) bond motifs is 1. The van der Waals surface area contributed by atoms with Gasteiger partial charge in [0.15, 0.2) is 0 Å². The van der Waals surface area contributed by atoms with Crippen molar-refractivity contribution < 1.29 is 0 Å². The number of hydrogen-bond donors (Lipinski definition) is 2. The van der Waals surface area contributed by atoms with Gasteiger partial charge in [0.1, 0.15) is 0 Å². The molecule has 1 saturated heterocycles. The maximum absolute atomic E-state index is 3.61. The molecule has 1 aliphatic heterocycles. The van der Waals surface area contributed by atoms with Gasteiger partial charge >= 0.3 is 0 Å². The van der Waals surface area contributed by atoms with Crippen molar-refractivity contribution in [3.63, 3.8) is 0 Å². The summed E-state index contributed by atoms with van der Waals surface area (Å²) >= 11 is 0. The van der Waals surface area contributed by atoms with Crippen LogP contribution in [0, 0.1) is 6.92 Å². The fourth-order valence-corrected chi connectivity index (χ4v) is 3.25. The van der Waals surface area contributed by atoms with Crippen LogP contribution in [0.5, 0.6) is 0 Å². The van der Waals surface area contributed by atoms with Crippen LogP contribution in [0.25, 0.3) is 10.9 Å². The van der Waals surface area contributed by atoms with Crippen LogP contribution in [0.4, 0.5) is 0 Å². The van der Waals surface area contributed by atoms with Gasteiger partial charge in [-0.05, 0) is 44.0 Å². The summed E-state index contributed by atoms with van der Waals surface area (Å²) in [6.45, 7) is 10.1. The molecular formula is C17H25N3. The molecule has 2 N–H and O–H groups in total. The molecule has 0 unspecified atom stereocenters. The molecule has 1 fully saturated rings. The lowest BCUT2D eigenvalue weighted by Gasteiger charge is -2.19. The van der Waals surface area contributed by atoms with Crippen LogP contribution in [0.2, 0.25) is 0 Å². The van der Waals surface area contributed by atoms with E-state index in [1.165, 1.54) is 40.7 Å². The molecule has 0 amide bonds. The van der Waals surface area contributed by atoms with Crippen molar-refractivity contribution in [3.8, 4) is 0 Å². The molecule has 0 spiro atoms. The third-order valence-corrected chi connectivity index (χ3v) is 4.44. The minimum atomic E-state index is 1.07. The zero-order valence-corrected chi connectivity index (χ0v) is 12.6. The number of nitrogens with zero attached hydrogens (tertiary/aromatic N) is 1. The highest BCUT2D eigenvalue weighted by molar-refractivity contribution is 5.87. The van der Waals surface area contributed by atoms with Crippen molar-refractivity contribution in [2.24, 2.45) is 0 Å². The molecule has 3 heteroatoms. The topological polar surface area (TPSA) is 31.1 Å². The van der Waals surface area contributed by atoms with E-state index < -0.39 is 0 Å². The Kier molecular flexibility index (Phi) is 4.08. The number of hydrogen-bond acceptors (Lipinski definition) is 2. The molecule has 2 heterocycles. The first-order valence-corrected chi connectivity index (χ1v) is 7.81. The predicted molar refractivity (Wildman–Crippen MR) is 85.2 cm³/mol. The molecule has 0 aliphatic carbocycles. The Balaban J connectivity index is 1.92. The van der Waals surface area contributed by atoms with Crippen molar-refractivity contribution >= 4 is 10.9 Å². The summed E-state index contributed by atoms with van der Waals surface area (Å²) < 4.78 is 0. The second-order valence-corrected chi connectivity index (χ2v) is 5.80. The summed E-state index contributed by atoms with van der Waals surface area (Å²) in [5, 5.41) is 4.89. The average Bonchev–Trinajstić information content (AvgIpc) is 2.66. The third-order valence-electron chi connectivity index (χ3n) is 4.44. The molecule has 2 aromatic rings. The first kappa shape index (κ1) is 13.7. The van der Waals surface area contributed by atoms with Crippen LogP contribution >= 0.6 is 0 Å². The van der Waals surface area contributed by atoms with Crippen molar-refractivity contribution in [2.75, 3.05) is 26.2 Å². The fourth-order valence-electron chi connectivity index (χ4n) is 3.25. The van der Waals surface area contributed by atoms with Crippen LogP contribution in [0.15, 0.2) is 18.2 Å². The van der Waals surface area contributed by atoms with Gasteiger partial charge in [-0.25, -0.2) is 0 Å². The first-order chi connectivity index (χ1) is 9.79. The normalized spacial score (nSPS) is 17.5. The van der Waals surface area contributed by atoms with Crippen LogP contribution < -0.4 is 5.32 Å². The number of aromatic nitrogens is 1. The number of aryl methyl sites for hydroxylation is 2. The Morgan fingerprint density at radius 1 is 1.20 bits per heavy atom. The second-order valence-electron chi connectivity index (χ2n) is 5.80. The Labute approximate surface area is 121 Å². The summed E-state index contributed by atoms with van der Waals surface area (Å²) in [6, 6.07) is 6.70. The van der Waals surface area contributed by atoms with E-state index >= 15 is 0 Å². The summed E-state index contributed by atoms with van der Waals surface area (Å²) in [5.74, 6) is 0. The number of H-pyrrole nitrogens is 1. The van der Waals surface area contributed by atoms with Gasteiger partial charge in [0, 0.05) is 36.2 Å². The van der Waals surface area contributed by atoms with Gasteiger partial charge in [-0.2, -0.15) is 0 Å². The van der Waals surface area contributed by atoms with E-state index in [1.807, 2.05) is 0 Å². The Morgan fingerprint density at radius 3 is 2.95 bits per heavy atom. The van der Waals surface area contributed by atoms with Crippen molar-refractivity contribution in [2.45, 2.75) is 33.2 Å². The van der Waals surface area contributed by atoms with Crippen molar-refractivity contribution in [1.29, 1.82) is 0 Å². The molecule has 3 rings (SSSR count). The van der Waals surface area contributed by atoms with Crippen molar-refractivity contribution in [1.82, 2.24) is 15.2 Å². The van der Waals surface area contributed by atoms with E-state index in [4.69, 9.17) is 0 Å². The van der Waals surface area contributed by atoms with Gasteiger partial charge in [-0.3, -0.25) is 4.90 Å². The molecule has 20 heavy (non-hydrogen) atoms. The smallest absolute Gasteiger partial charge is 0.0491 e. The lowest BCUT2D eigenvalue weighted by Crippen LogP contribution is -2.27. The van der Waals surface area contributed by atoms with E-state index in [0.29, 0.717) is 0 Å². The van der Waals surface area contributed by atoms with Gasteiger partial charge in [0.05, 0.1) is 0 Å². The molecule has 0 radical (unpaired) electrons. The van der Waals surface area contributed by atoms with E-state index in [2.05, 4.69) is 47.2 Å². The maximum atomic E-state index is 3.61. The third kappa shape index (κ3) is 2.60. The van der Waals surface area contributed by atoms with E-state index in [0.717, 1.165) is 32.6 Å². The molecule has 108 valence electrons. The zero-order chi connectivity index (χ0) is 13.9. The Hall–Kier alpha value is -1.32. The molecule has 1 aliphatic rings. The van der Waals surface area contributed by atoms with Gasteiger partial charge in [-0.15, -0.1) is 0 Å². The standard InChI is InChI=1S/C17H25N3/c1-3-14-6-4-7-15-16(13(2)19-17(14)15)12-20-10-5-8-18-9-11-20/h4,6-7,18-19H,3,5,8-12H2,1-2H3. The summed E-state index contributed by atoms with van der Waals surface area (Å²) in [7, 11) is 0. The van der Waals surface area contributed by atoms with Gasteiger partial charge < -0.3 is 10.3 Å². The number of nitrogens with one attached hydrogen (secondary N) is 2. The minimum Gasteiger partial charge on any atom is -0.358 e. The SMILES string of the molecule is CCc1cccc2c(CN3CCCNCC3)c(C)[nH]c12. The summed E-state index contributed by atoms with van der Waals surface area (Å²) in [5.41, 5.74) is 5.58. The zero-order valence-electron chi connectivity index (χ0n) is 12.6. The molecule has 1 aromatic carbocycles. The second kappa shape index (κ2) is 5.98. The summed E-state index contributed by atoms with van der Waals surface area (Å²) in [4.78, 5) is 6.19. The van der Waals surface area contributed by atoms with E-state index in [9.17, 15) is 0 Å². The highest BCUT2D eigenvalue weighted by Crippen LogP contribution is 2.26. The van der Waals surface area contributed by atoms with Crippen LogP contribution in [0.3, 0.4) is 0 Å². The number of para-hydroxylation sites is 1. The van der Waals surface area contributed by atoms with Gasteiger partial charge in [0.25, 0.3) is 0 Å². The first-order valence-electron chi connectivity index (χ1n) is 7.81. The number of aromatic amines is 1. The molecule has 0 atom stereocenters. The average molecular weight is 271 g/mol. The molecule has 1 aromatic heterocycles. The predicted octanol–water partition coefficient (Wildman–Crippen LogP) is 2.83. The quantitative estimate of drug-likeness (QED) is 0.899. The Morgan fingerprint density at radius 2 is 2.10 bits per heavy atom. The summed E-state index contributed by atoms with van der Waals surface area (Å²) in [6.07, 6.45) is 2.34. The lowest BCUT2D eigenvalue weighted by atomic mass is 10.1. The monoisotopic (exact) mass is 271 g/mol. The molecule has 0 saturated carbocycles. The Bertz CT molecular complexity index is 577. The fraction of sp³-hybridized carbons (Fsp3) is 0.529.